The van der Waals surface area contributed by atoms with Crippen molar-refractivity contribution in [2.24, 2.45) is 0 Å². The SMILES string of the molecule is CCOC(=O)[C@H]1[C@H]2CC[C@H](CN1C(=O)N(c1ccccc1)c1ccccc1)N2C(=O)NCCc1ccc(C#N)cc1. The van der Waals surface area contributed by atoms with Crippen LogP contribution in [0.5, 0.6) is 0 Å². The van der Waals surface area contributed by atoms with E-state index in [9.17, 15) is 14.4 Å². The summed E-state index contributed by atoms with van der Waals surface area (Å²) in [5.74, 6) is -0.511. The van der Waals surface area contributed by atoms with Gasteiger partial charge in [0.05, 0.1) is 41.7 Å². The van der Waals surface area contributed by atoms with Crippen LogP contribution in [-0.2, 0) is 16.0 Å². The molecule has 41 heavy (non-hydrogen) atoms. The molecule has 5 rings (SSSR count). The van der Waals surface area contributed by atoms with E-state index in [-0.39, 0.29) is 31.3 Å². The normalized spacial score (nSPS) is 19.3. The zero-order valence-corrected chi connectivity index (χ0v) is 23.0. The van der Waals surface area contributed by atoms with Gasteiger partial charge in [0.2, 0.25) is 0 Å². The smallest absolute Gasteiger partial charge is 0.331 e. The van der Waals surface area contributed by atoms with Gasteiger partial charge in [-0.25, -0.2) is 14.4 Å². The number of benzene rings is 3. The minimum atomic E-state index is -0.930. The summed E-state index contributed by atoms with van der Waals surface area (Å²) >= 11 is 0. The number of likely N-dealkylation sites (tertiary alicyclic amines) is 1. The maximum absolute atomic E-state index is 14.3. The van der Waals surface area contributed by atoms with E-state index in [1.54, 1.807) is 33.8 Å². The zero-order chi connectivity index (χ0) is 28.8. The van der Waals surface area contributed by atoms with Crippen LogP contribution >= 0.6 is 0 Å². The molecule has 9 heteroatoms. The molecule has 3 atom stereocenters. The molecule has 0 radical (unpaired) electrons. The lowest BCUT2D eigenvalue weighted by Crippen LogP contribution is -2.67. The fourth-order valence-corrected chi connectivity index (χ4v) is 5.78. The summed E-state index contributed by atoms with van der Waals surface area (Å²) in [6, 6.07) is 25.8. The van der Waals surface area contributed by atoms with Crippen molar-refractivity contribution in [3.8, 4) is 6.07 Å². The van der Waals surface area contributed by atoms with Gasteiger partial charge in [0.15, 0.2) is 6.04 Å². The third kappa shape index (κ3) is 5.87. The third-order valence-corrected chi connectivity index (χ3v) is 7.66. The molecule has 4 amide bonds. The van der Waals surface area contributed by atoms with Crippen LogP contribution in [-0.4, -0.2) is 65.7 Å². The summed E-state index contributed by atoms with van der Waals surface area (Å²) < 4.78 is 5.46. The van der Waals surface area contributed by atoms with Crippen LogP contribution in [0, 0.1) is 11.3 Å². The molecule has 3 aromatic carbocycles. The average molecular weight is 552 g/mol. The summed E-state index contributed by atoms with van der Waals surface area (Å²) in [6.07, 6.45) is 1.89. The van der Waals surface area contributed by atoms with Gasteiger partial charge in [-0.05, 0) is 68.1 Å². The maximum Gasteiger partial charge on any atom is 0.331 e. The van der Waals surface area contributed by atoms with Gasteiger partial charge in [-0.1, -0.05) is 48.5 Å². The van der Waals surface area contributed by atoms with Gasteiger partial charge in [-0.2, -0.15) is 5.26 Å². The number of piperazine rings is 1. The van der Waals surface area contributed by atoms with E-state index in [1.165, 1.54) is 0 Å². The number of para-hydroxylation sites is 2. The summed E-state index contributed by atoms with van der Waals surface area (Å²) in [6.45, 7) is 2.53. The number of esters is 1. The van der Waals surface area contributed by atoms with E-state index >= 15 is 0 Å². The first-order chi connectivity index (χ1) is 20.0. The van der Waals surface area contributed by atoms with Crippen molar-refractivity contribution in [1.82, 2.24) is 15.1 Å². The van der Waals surface area contributed by atoms with Crippen molar-refractivity contribution < 1.29 is 19.1 Å². The van der Waals surface area contributed by atoms with Crippen LogP contribution in [0.25, 0.3) is 0 Å². The Bertz CT molecular complexity index is 1370. The topological polar surface area (TPSA) is 106 Å². The highest BCUT2D eigenvalue weighted by molar-refractivity contribution is 6.01. The number of anilines is 2. The molecule has 2 heterocycles. The molecule has 9 nitrogen and oxygen atoms in total. The summed E-state index contributed by atoms with van der Waals surface area (Å²) in [7, 11) is 0. The van der Waals surface area contributed by atoms with Crippen LogP contribution in [0.4, 0.5) is 21.0 Å². The first kappa shape index (κ1) is 27.7. The predicted octanol–water partition coefficient (Wildman–Crippen LogP) is 4.85. The Morgan fingerprint density at radius 2 is 1.59 bits per heavy atom. The molecule has 0 aliphatic carbocycles. The van der Waals surface area contributed by atoms with Crippen molar-refractivity contribution >= 4 is 29.4 Å². The number of nitrogens with zero attached hydrogens (tertiary/aromatic N) is 4. The van der Waals surface area contributed by atoms with Crippen LogP contribution in [0.2, 0.25) is 0 Å². The van der Waals surface area contributed by atoms with Crippen LogP contribution in [0.15, 0.2) is 84.9 Å². The summed E-state index contributed by atoms with van der Waals surface area (Å²) in [4.78, 5) is 46.1. The lowest BCUT2D eigenvalue weighted by atomic mass is 10.0. The van der Waals surface area contributed by atoms with E-state index in [1.807, 2.05) is 72.8 Å². The Balaban J connectivity index is 1.37. The second kappa shape index (κ2) is 12.6. The molecule has 1 N–H and O–H groups in total. The Labute approximate surface area is 239 Å². The van der Waals surface area contributed by atoms with E-state index in [4.69, 9.17) is 10.00 Å². The van der Waals surface area contributed by atoms with E-state index in [2.05, 4.69) is 11.4 Å². The molecule has 210 valence electrons. The Kier molecular flexibility index (Phi) is 8.49. The molecule has 0 unspecified atom stereocenters. The molecule has 0 spiro atoms. The average Bonchev–Trinajstić information content (AvgIpc) is 3.31. The fourth-order valence-electron chi connectivity index (χ4n) is 5.78. The van der Waals surface area contributed by atoms with E-state index in [0.29, 0.717) is 42.7 Å². The highest BCUT2D eigenvalue weighted by atomic mass is 16.5. The molecule has 0 aromatic heterocycles. The van der Waals surface area contributed by atoms with Gasteiger partial charge >= 0.3 is 18.0 Å². The highest BCUT2D eigenvalue weighted by Crippen LogP contribution is 2.37. The number of hydrogen-bond donors (Lipinski definition) is 1. The number of carbonyl (C=O) groups excluding carboxylic acids is 3. The fraction of sp³-hybridized carbons (Fsp3) is 0.312. The number of hydrogen-bond acceptors (Lipinski definition) is 5. The van der Waals surface area contributed by atoms with Gasteiger partial charge in [0.25, 0.3) is 0 Å². The van der Waals surface area contributed by atoms with Gasteiger partial charge < -0.3 is 19.9 Å². The molecule has 2 aliphatic heterocycles. The molecule has 0 saturated carbocycles. The molecule has 2 aliphatic rings. The number of rotatable bonds is 7. The first-order valence-corrected chi connectivity index (χ1v) is 13.9. The number of fused-ring (bicyclic) bond motifs is 2. The van der Waals surface area contributed by atoms with Crippen molar-refractivity contribution in [3.05, 3.63) is 96.1 Å². The zero-order valence-electron chi connectivity index (χ0n) is 23.0. The van der Waals surface area contributed by atoms with Crippen molar-refractivity contribution in [2.45, 2.75) is 44.3 Å². The second-order valence-electron chi connectivity index (χ2n) is 10.1. The minimum absolute atomic E-state index is 0.172. The van der Waals surface area contributed by atoms with Gasteiger partial charge in [-0.3, -0.25) is 4.90 Å². The van der Waals surface area contributed by atoms with E-state index in [0.717, 1.165) is 5.56 Å². The van der Waals surface area contributed by atoms with Crippen molar-refractivity contribution in [2.75, 3.05) is 24.6 Å². The lowest BCUT2D eigenvalue weighted by molar-refractivity contribution is -0.152. The number of carbonyl (C=O) groups is 3. The predicted molar refractivity (Wildman–Crippen MR) is 154 cm³/mol. The molecule has 3 aromatic rings. The van der Waals surface area contributed by atoms with Gasteiger partial charge in [-0.15, -0.1) is 0 Å². The summed E-state index contributed by atoms with van der Waals surface area (Å²) in [5.41, 5.74) is 2.96. The van der Waals surface area contributed by atoms with Crippen LogP contribution < -0.4 is 10.2 Å². The molecular weight excluding hydrogens is 518 g/mol. The van der Waals surface area contributed by atoms with Gasteiger partial charge in [0.1, 0.15) is 0 Å². The highest BCUT2D eigenvalue weighted by Gasteiger charge is 2.54. The lowest BCUT2D eigenvalue weighted by Gasteiger charge is -2.46. The second-order valence-corrected chi connectivity index (χ2v) is 10.1. The molecule has 2 fully saturated rings. The van der Waals surface area contributed by atoms with Gasteiger partial charge in [0, 0.05) is 13.1 Å². The quantitative estimate of drug-likeness (QED) is 0.423. The Hall–Kier alpha value is -4.84. The standard InChI is InChI=1S/C32H33N5O4/c1-2-41-30(38)29-28-18-17-27(37(28)31(39)34-20-19-23-13-15-24(21-33)16-14-23)22-35(29)32(40)36(25-9-5-3-6-10-25)26-11-7-4-8-12-26/h3-16,27-29H,2,17-20,22H2,1H3,(H,34,39)/t27-,28-,29-/m1/s1. The van der Waals surface area contributed by atoms with Crippen molar-refractivity contribution in [1.29, 1.82) is 5.26 Å². The molecule has 2 bridgehead atoms. The van der Waals surface area contributed by atoms with Crippen molar-refractivity contribution in [3.63, 3.8) is 0 Å². The largest absolute Gasteiger partial charge is 0.464 e. The number of nitriles is 1. The minimum Gasteiger partial charge on any atom is -0.464 e. The third-order valence-electron chi connectivity index (χ3n) is 7.66. The number of urea groups is 2. The first-order valence-electron chi connectivity index (χ1n) is 13.9. The number of amides is 4. The molecular formula is C32H33N5O4. The Morgan fingerprint density at radius 1 is 0.951 bits per heavy atom. The van der Waals surface area contributed by atoms with Crippen LogP contribution in [0.3, 0.4) is 0 Å². The molecule has 2 saturated heterocycles. The maximum atomic E-state index is 14.3. The van der Waals surface area contributed by atoms with Crippen LogP contribution in [0.1, 0.15) is 30.9 Å². The monoisotopic (exact) mass is 551 g/mol. The number of nitrogens with one attached hydrogen (secondary N) is 1. The summed E-state index contributed by atoms with van der Waals surface area (Å²) in [5, 5.41) is 12.0. The number of ether oxygens (including phenoxy) is 1. The Morgan fingerprint density at radius 3 is 2.17 bits per heavy atom. The van der Waals surface area contributed by atoms with E-state index < -0.39 is 18.1 Å².